The van der Waals surface area contributed by atoms with Crippen LogP contribution in [0.2, 0.25) is 0 Å². The van der Waals surface area contributed by atoms with E-state index in [4.69, 9.17) is 0 Å². The average Bonchev–Trinajstić information content (AvgIpc) is 3.54. The average molecular weight is 735 g/mol. The van der Waals surface area contributed by atoms with Crippen molar-refractivity contribution in [2.75, 3.05) is 4.90 Å². The van der Waals surface area contributed by atoms with Crippen LogP contribution in [0.4, 0.5) is 17.1 Å². The maximum Gasteiger partial charge on any atom is 0.0465 e. The lowest BCUT2D eigenvalue weighted by Gasteiger charge is -2.32. The van der Waals surface area contributed by atoms with Gasteiger partial charge in [0.2, 0.25) is 0 Å². The Bertz CT molecular complexity index is 2720. The van der Waals surface area contributed by atoms with Crippen molar-refractivity contribution in [1.82, 2.24) is 0 Å². The molecule has 0 bridgehead atoms. The first-order chi connectivity index (χ1) is 25.2. The summed E-state index contributed by atoms with van der Waals surface area (Å²) in [6.45, 7) is 9.60. The molecule has 0 aromatic heterocycles. The zero-order chi connectivity index (χ0) is 35.4. The van der Waals surface area contributed by atoms with Crippen molar-refractivity contribution in [2.24, 2.45) is 5.92 Å². The minimum absolute atomic E-state index is 0.0459. The van der Waals surface area contributed by atoms with E-state index in [0.29, 0.717) is 11.8 Å². The van der Waals surface area contributed by atoms with Crippen LogP contribution in [0.25, 0.3) is 43.6 Å². The molecular weight excluding hydrogens is 694 g/mol. The number of nitrogens with zero attached hydrogens (tertiary/aromatic N) is 1. The summed E-state index contributed by atoms with van der Waals surface area (Å²) < 4.78 is 1.30. The molecule has 0 radical (unpaired) electrons. The number of rotatable bonds is 4. The first kappa shape index (κ1) is 31.5. The van der Waals surface area contributed by atoms with Crippen LogP contribution < -0.4 is 15.3 Å². The SMILES string of the molecule is CC1(C)c2ccccc2-c2ccc(N(c3ccc(-c4ccc5ccccc5c4)cc3)c3ccc4c(c3)C(C)(C)C3C=c5ccccc5=C(Br)C43)cc21. The largest absolute Gasteiger partial charge is 0.310 e. The normalized spacial score (nSPS) is 18.5. The van der Waals surface area contributed by atoms with Crippen molar-refractivity contribution >= 4 is 54.3 Å². The van der Waals surface area contributed by atoms with Crippen LogP contribution in [0.1, 0.15) is 55.9 Å². The lowest BCUT2D eigenvalue weighted by Crippen LogP contribution is -2.36. The number of hydrogen-bond donors (Lipinski definition) is 0. The highest BCUT2D eigenvalue weighted by atomic mass is 79.9. The first-order valence-corrected chi connectivity index (χ1v) is 19.2. The lowest BCUT2D eigenvalue weighted by molar-refractivity contribution is 0.421. The molecule has 7 aromatic rings. The number of fused-ring (bicyclic) bond motifs is 8. The Kier molecular flexibility index (Phi) is 6.92. The van der Waals surface area contributed by atoms with Crippen molar-refractivity contribution in [3.8, 4) is 22.3 Å². The van der Waals surface area contributed by atoms with Gasteiger partial charge in [0.1, 0.15) is 0 Å². The molecule has 7 aromatic carbocycles. The van der Waals surface area contributed by atoms with Crippen LogP contribution in [0.5, 0.6) is 0 Å². The predicted molar refractivity (Wildman–Crippen MR) is 223 cm³/mol. The lowest BCUT2D eigenvalue weighted by atomic mass is 9.74. The van der Waals surface area contributed by atoms with Gasteiger partial charge >= 0.3 is 0 Å². The molecule has 3 aliphatic rings. The molecule has 0 saturated carbocycles. The molecule has 0 aliphatic heterocycles. The van der Waals surface area contributed by atoms with Crippen molar-refractivity contribution in [2.45, 2.75) is 44.4 Å². The summed E-state index contributed by atoms with van der Waals surface area (Å²) in [5, 5.41) is 5.16. The molecule has 52 heavy (non-hydrogen) atoms. The third kappa shape index (κ3) is 4.60. The minimum atomic E-state index is -0.0872. The molecule has 0 heterocycles. The number of hydrogen-bond acceptors (Lipinski definition) is 1. The fraction of sp³-hybridized carbons (Fsp3) is 0.160. The molecule has 0 saturated heterocycles. The van der Waals surface area contributed by atoms with E-state index in [9.17, 15) is 0 Å². The third-order valence-corrected chi connectivity index (χ3v) is 13.3. The van der Waals surface area contributed by atoms with Crippen molar-refractivity contribution in [3.63, 3.8) is 0 Å². The van der Waals surface area contributed by atoms with E-state index >= 15 is 0 Å². The van der Waals surface area contributed by atoms with Crippen LogP contribution in [0, 0.1) is 5.92 Å². The Hall–Kier alpha value is -5.18. The number of benzene rings is 7. The van der Waals surface area contributed by atoms with E-state index < -0.39 is 0 Å². The molecule has 0 fully saturated rings. The molecule has 10 rings (SSSR count). The Morgan fingerprint density at radius 1 is 0.519 bits per heavy atom. The van der Waals surface area contributed by atoms with Crippen molar-refractivity contribution < 1.29 is 0 Å². The minimum Gasteiger partial charge on any atom is -0.310 e. The molecule has 2 unspecified atom stereocenters. The van der Waals surface area contributed by atoms with Crippen LogP contribution >= 0.6 is 15.9 Å². The quantitative estimate of drug-likeness (QED) is 0.174. The highest BCUT2D eigenvalue weighted by molar-refractivity contribution is 9.14. The molecule has 0 amide bonds. The summed E-state index contributed by atoms with van der Waals surface area (Å²) >= 11 is 4.11. The van der Waals surface area contributed by atoms with Gasteiger partial charge in [-0.25, -0.2) is 0 Å². The van der Waals surface area contributed by atoms with Gasteiger partial charge in [0.15, 0.2) is 0 Å². The van der Waals surface area contributed by atoms with Gasteiger partial charge in [0, 0.05) is 32.9 Å². The Morgan fingerprint density at radius 2 is 1.15 bits per heavy atom. The maximum atomic E-state index is 4.11. The third-order valence-electron chi connectivity index (χ3n) is 12.4. The van der Waals surface area contributed by atoms with Gasteiger partial charge in [-0.15, -0.1) is 0 Å². The van der Waals surface area contributed by atoms with E-state index in [-0.39, 0.29) is 10.8 Å². The van der Waals surface area contributed by atoms with Crippen molar-refractivity contribution in [3.05, 3.63) is 184 Å². The Balaban J connectivity index is 1.12. The van der Waals surface area contributed by atoms with Gasteiger partial charge in [-0.1, -0.05) is 159 Å². The molecule has 0 N–H and O–H groups in total. The number of anilines is 3. The van der Waals surface area contributed by atoms with Gasteiger partial charge in [-0.2, -0.15) is 0 Å². The zero-order valence-electron chi connectivity index (χ0n) is 30.0. The topological polar surface area (TPSA) is 3.24 Å². The van der Waals surface area contributed by atoms with Crippen LogP contribution in [-0.2, 0) is 10.8 Å². The van der Waals surface area contributed by atoms with Gasteiger partial charge in [-0.3, -0.25) is 0 Å². The Morgan fingerprint density at radius 3 is 1.98 bits per heavy atom. The fourth-order valence-corrected chi connectivity index (χ4v) is 10.5. The van der Waals surface area contributed by atoms with Gasteiger partial charge in [0.25, 0.3) is 0 Å². The van der Waals surface area contributed by atoms with E-state index in [1.807, 2.05) is 0 Å². The molecule has 1 nitrogen and oxygen atoms in total. The Labute approximate surface area is 314 Å². The van der Waals surface area contributed by atoms with Gasteiger partial charge in [0.05, 0.1) is 0 Å². The maximum absolute atomic E-state index is 4.11. The second-order valence-electron chi connectivity index (χ2n) is 15.9. The molecule has 252 valence electrons. The highest BCUT2D eigenvalue weighted by Crippen LogP contribution is 2.57. The first-order valence-electron chi connectivity index (χ1n) is 18.4. The van der Waals surface area contributed by atoms with Crippen LogP contribution in [0.3, 0.4) is 0 Å². The predicted octanol–water partition coefficient (Wildman–Crippen LogP) is 12.3. The second kappa shape index (κ2) is 11.4. The van der Waals surface area contributed by atoms with Crippen LogP contribution in [-0.4, -0.2) is 0 Å². The fourth-order valence-electron chi connectivity index (χ4n) is 9.57. The van der Waals surface area contributed by atoms with E-state index in [1.165, 1.54) is 81.6 Å². The van der Waals surface area contributed by atoms with Crippen molar-refractivity contribution in [1.29, 1.82) is 0 Å². The molecule has 2 heteroatoms. The summed E-state index contributed by atoms with van der Waals surface area (Å²) in [7, 11) is 0. The van der Waals surface area contributed by atoms with E-state index in [2.05, 4.69) is 206 Å². The summed E-state index contributed by atoms with van der Waals surface area (Å²) in [5.74, 6) is 0.680. The molecular formula is C50H40BrN. The summed E-state index contributed by atoms with van der Waals surface area (Å²) in [5.41, 5.74) is 14.1. The number of halogens is 1. The summed E-state index contributed by atoms with van der Waals surface area (Å²) in [4.78, 5) is 2.47. The van der Waals surface area contributed by atoms with E-state index in [1.54, 1.807) is 0 Å². The van der Waals surface area contributed by atoms with Crippen LogP contribution in [0.15, 0.2) is 152 Å². The summed E-state index contributed by atoms with van der Waals surface area (Å²) in [6.07, 6.45) is 2.52. The second-order valence-corrected chi connectivity index (χ2v) is 16.8. The monoisotopic (exact) mass is 733 g/mol. The highest BCUT2D eigenvalue weighted by Gasteiger charge is 2.47. The van der Waals surface area contributed by atoms with Gasteiger partial charge in [-0.05, 0) is 120 Å². The summed E-state index contributed by atoms with van der Waals surface area (Å²) in [6, 6.07) is 56.6. The smallest absolute Gasteiger partial charge is 0.0465 e. The standard InChI is InChI=1S/C50H40BrN/c1-49(2)43-16-10-9-15-40(43)41-25-23-37(29-44(41)49)52(36-21-19-32(20-22-36)34-18-17-31-11-5-6-12-33(31)27-34)38-24-26-42-45(30-38)50(3,4)46-28-35-13-7-8-14-39(35)48(51)47(42)46/h5-30,46-47H,1-4H3. The molecule has 3 aliphatic carbocycles. The molecule has 2 atom stereocenters. The van der Waals surface area contributed by atoms with Gasteiger partial charge < -0.3 is 4.90 Å². The zero-order valence-corrected chi connectivity index (χ0v) is 31.6. The molecule has 0 spiro atoms. The van der Waals surface area contributed by atoms with E-state index in [0.717, 1.165) is 5.69 Å².